The van der Waals surface area contributed by atoms with Gasteiger partial charge in [-0.1, -0.05) is 24.3 Å². The van der Waals surface area contributed by atoms with Crippen LogP contribution in [0.4, 0.5) is 17.2 Å². The highest BCUT2D eigenvalue weighted by Gasteiger charge is 2.34. The quantitative estimate of drug-likeness (QED) is 0.0935. The number of hydrogen-bond acceptors (Lipinski definition) is 8. The van der Waals surface area contributed by atoms with Crippen molar-refractivity contribution in [3.63, 3.8) is 0 Å². The number of rotatable bonds is 14. The van der Waals surface area contributed by atoms with Crippen molar-refractivity contribution in [1.82, 2.24) is 29.7 Å². The molecular weight excluding hydrogens is 711 g/mol. The van der Waals surface area contributed by atoms with E-state index in [0.29, 0.717) is 54.3 Å². The summed E-state index contributed by atoms with van der Waals surface area (Å²) in [7, 11) is 3.52. The Morgan fingerprint density at radius 1 is 0.946 bits per heavy atom. The molecule has 2 aromatic heterocycles. The standard InChI is InChI=1S/C42H51N9O5/c1-26-18-31-22-44-33-21-35(27(2)19-32(33)41(55)51(31)23-26)56-17-8-10-37(52)47-36-25-50(7)38(48-36)40(54)46-30-13-11-28(12-14-30)29-20-34(49(6)24-29)39(53)43-15-9-16-45-42(3,4)5/h11-14,19-22,24-25,31,45H,1,8-10,15-18,23H2,2-7H3,(H,43,53)(H,46,54)(H,47,52)/t31-/m0/s1. The number of imidazole rings is 1. The topological polar surface area (TPSA) is 164 Å². The summed E-state index contributed by atoms with van der Waals surface area (Å²) < 4.78 is 9.35. The number of anilines is 2. The van der Waals surface area contributed by atoms with Crippen LogP contribution in [0.15, 0.2) is 72.0 Å². The summed E-state index contributed by atoms with van der Waals surface area (Å²) in [6.07, 6.45) is 7.44. The molecule has 0 saturated carbocycles. The van der Waals surface area contributed by atoms with E-state index in [4.69, 9.17) is 4.74 Å². The molecule has 4 aromatic rings. The number of fused-ring (bicyclic) bond motifs is 2. The molecule has 1 fully saturated rings. The Balaban J connectivity index is 0.958. The SMILES string of the molecule is C=C1C[C@H]2C=Nc3cc(OCCCC(=O)Nc4cn(C)c(C(=O)Nc5ccc(-c6cc(C(=O)NCCCNC(C)(C)C)n(C)c6)cc5)n4)c(C)cc3C(=O)N2C1. The molecule has 56 heavy (non-hydrogen) atoms. The van der Waals surface area contributed by atoms with Gasteiger partial charge in [0.2, 0.25) is 11.7 Å². The van der Waals surface area contributed by atoms with E-state index in [1.165, 1.54) is 0 Å². The molecule has 2 aliphatic heterocycles. The number of carbonyl (C=O) groups is 4. The van der Waals surface area contributed by atoms with Gasteiger partial charge in [-0.15, -0.1) is 0 Å². The van der Waals surface area contributed by atoms with Gasteiger partial charge in [-0.05, 0) is 88.9 Å². The number of aryl methyl sites for hydroxylation is 3. The van der Waals surface area contributed by atoms with Crippen LogP contribution in [0.3, 0.4) is 0 Å². The lowest BCUT2D eigenvalue weighted by Crippen LogP contribution is -2.38. The lowest BCUT2D eigenvalue weighted by molar-refractivity contribution is -0.116. The summed E-state index contributed by atoms with van der Waals surface area (Å²) in [6.45, 7) is 14.5. The van der Waals surface area contributed by atoms with E-state index in [9.17, 15) is 19.2 Å². The van der Waals surface area contributed by atoms with Gasteiger partial charge in [-0.3, -0.25) is 24.2 Å². The number of aliphatic imine (C=N–C) groups is 1. The predicted octanol–water partition coefficient (Wildman–Crippen LogP) is 5.78. The summed E-state index contributed by atoms with van der Waals surface area (Å²) >= 11 is 0. The molecule has 0 aliphatic carbocycles. The number of carbonyl (C=O) groups excluding carboxylic acids is 4. The number of nitrogens with one attached hydrogen (secondary N) is 4. The van der Waals surface area contributed by atoms with Crippen LogP contribution in [0.1, 0.15) is 83.5 Å². The van der Waals surface area contributed by atoms with Crippen molar-refractivity contribution in [3.05, 3.63) is 89.7 Å². The molecule has 1 atom stereocenters. The minimum absolute atomic E-state index is 0.0392. The fourth-order valence-corrected chi connectivity index (χ4v) is 6.70. The van der Waals surface area contributed by atoms with Gasteiger partial charge in [0.25, 0.3) is 17.7 Å². The summed E-state index contributed by atoms with van der Waals surface area (Å²) in [4.78, 5) is 62.6. The van der Waals surface area contributed by atoms with Crippen molar-refractivity contribution >= 4 is 47.0 Å². The molecule has 4 amide bonds. The average Bonchev–Trinajstić information content (AvgIpc) is 3.82. The van der Waals surface area contributed by atoms with E-state index in [1.807, 2.05) is 44.4 Å². The fourth-order valence-electron chi connectivity index (χ4n) is 6.70. The Morgan fingerprint density at radius 2 is 1.71 bits per heavy atom. The summed E-state index contributed by atoms with van der Waals surface area (Å²) in [5.74, 6) is 0.116. The molecule has 14 heteroatoms. The van der Waals surface area contributed by atoms with Crippen molar-refractivity contribution in [2.24, 2.45) is 19.1 Å². The molecule has 2 aliphatic rings. The van der Waals surface area contributed by atoms with E-state index >= 15 is 0 Å². The van der Waals surface area contributed by atoms with Gasteiger partial charge < -0.3 is 40.0 Å². The zero-order valence-corrected chi connectivity index (χ0v) is 33.0. The van der Waals surface area contributed by atoms with Gasteiger partial charge >= 0.3 is 0 Å². The molecule has 0 spiro atoms. The second-order valence-electron chi connectivity index (χ2n) is 15.5. The fraction of sp³-hybridized carbons (Fsp3) is 0.381. The second kappa shape index (κ2) is 16.8. The first-order valence-electron chi connectivity index (χ1n) is 18.9. The highest BCUT2D eigenvalue weighted by molar-refractivity contribution is 6.04. The van der Waals surface area contributed by atoms with Crippen LogP contribution in [0, 0.1) is 6.92 Å². The smallest absolute Gasteiger partial charge is 0.291 e. The highest BCUT2D eigenvalue weighted by Crippen LogP contribution is 2.35. The lowest BCUT2D eigenvalue weighted by Gasteiger charge is -2.20. The number of benzene rings is 2. The second-order valence-corrected chi connectivity index (χ2v) is 15.5. The molecule has 6 rings (SSSR count). The monoisotopic (exact) mass is 761 g/mol. The van der Waals surface area contributed by atoms with Crippen LogP contribution >= 0.6 is 0 Å². The van der Waals surface area contributed by atoms with Crippen LogP contribution in [-0.4, -0.2) is 86.7 Å². The molecule has 0 unspecified atom stereocenters. The first kappa shape index (κ1) is 39.7. The van der Waals surface area contributed by atoms with Crippen molar-refractivity contribution in [3.8, 4) is 16.9 Å². The molecule has 2 aromatic carbocycles. The number of aromatic nitrogens is 3. The zero-order valence-electron chi connectivity index (χ0n) is 33.0. The van der Waals surface area contributed by atoms with Crippen molar-refractivity contribution in [2.45, 2.75) is 65.0 Å². The largest absolute Gasteiger partial charge is 0.493 e. The first-order chi connectivity index (χ1) is 26.6. The molecular formula is C42H51N9O5. The van der Waals surface area contributed by atoms with Crippen LogP contribution in [0.5, 0.6) is 5.75 Å². The Kier molecular flexibility index (Phi) is 11.9. The maximum absolute atomic E-state index is 13.2. The van der Waals surface area contributed by atoms with Crippen LogP contribution < -0.4 is 26.0 Å². The Hall–Kier alpha value is -6.02. The normalized spacial score (nSPS) is 15.0. The van der Waals surface area contributed by atoms with E-state index in [-0.39, 0.29) is 54.0 Å². The maximum Gasteiger partial charge on any atom is 0.291 e. The maximum atomic E-state index is 13.2. The Morgan fingerprint density at radius 3 is 2.46 bits per heavy atom. The third kappa shape index (κ3) is 9.61. The van der Waals surface area contributed by atoms with Gasteiger partial charge in [0, 0.05) is 75.1 Å². The predicted molar refractivity (Wildman–Crippen MR) is 218 cm³/mol. The first-order valence-corrected chi connectivity index (χ1v) is 18.9. The Bertz CT molecular complexity index is 2170. The number of hydrogen-bond donors (Lipinski definition) is 4. The van der Waals surface area contributed by atoms with Crippen LogP contribution in [0.2, 0.25) is 0 Å². The van der Waals surface area contributed by atoms with E-state index < -0.39 is 5.91 Å². The summed E-state index contributed by atoms with van der Waals surface area (Å²) in [5, 5.41) is 12.0. The van der Waals surface area contributed by atoms with Crippen LogP contribution in [0.25, 0.3) is 11.1 Å². The van der Waals surface area contributed by atoms with Gasteiger partial charge in [-0.2, -0.15) is 0 Å². The van der Waals surface area contributed by atoms with Gasteiger partial charge in [0.15, 0.2) is 5.82 Å². The van der Waals surface area contributed by atoms with Crippen LogP contribution in [-0.2, 0) is 18.9 Å². The lowest BCUT2D eigenvalue weighted by atomic mass is 10.1. The van der Waals surface area contributed by atoms with Crippen molar-refractivity contribution in [1.29, 1.82) is 0 Å². The molecule has 4 heterocycles. The van der Waals surface area contributed by atoms with E-state index in [0.717, 1.165) is 35.2 Å². The van der Waals surface area contributed by atoms with E-state index in [1.54, 1.807) is 51.7 Å². The third-order valence-electron chi connectivity index (χ3n) is 9.62. The number of ether oxygens (including phenoxy) is 1. The van der Waals surface area contributed by atoms with Gasteiger partial charge in [-0.25, -0.2) is 4.98 Å². The Labute approximate surface area is 327 Å². The average molecular weight is 762 g/mol. The van der Waals surface area contributed by atoms with Gasteiger partial charge in [0.05, 0.1) is 23.9 Å². The molecule has 4 N–H and O–H groups in total. The molecule has 1 saturated heterocycles. The molecule has 0 radical (unpaired) electrons. The summed E-state index contributed by atoms with van der Waals surface area (Å²) in [5.41, 5.74) is 5.88. The molecule has 0 bridgehead atoms. The summed E-state index contributed by atoms with van der Waals surface area (Å²) in [6, 6.07) is 12.7. The van der Waals surface area contributed by atoms with Crippen molar-refractivity contribution < 1.29 is 23.9 Å². The number of amides is 4. The minimum atomic E-state index is -0.432. The van der Waals surface area contributed by atoms with E-state index in [2.05, 4.69) is 58.6 Å². The highest BCUT2D eigenvalue weighted by atomic mass is 16.5. The number of nitrogens with zero attached hydrogens (tertiary/aromatic N) is 5. The van der Waals surface area contributed by atoms with Gasteiger partial charge in [0.1, 0.15) is 11.4 Å². The van der Waals surface area contributed by atoms with Crippen molar-refractivity contribution in [2.75, 3.05) is 36.9 Å². The minimum Gasteiger partial charge on any atom is -0.493 e. The third-order valence-corrected chi connectivity index (χ3v) is 9.62. The zero-order chi connectivity index (χ0) is 40.1. The molecule has 14 nitrogen and oxygen atoms in total. The molecule has 294 valence electrons.